The second kappa shape index (κ2) is 8.43. The lowest BCUT2D eigenvalue weighted by atomic mass is 10.2. The maximum atomic E-state index is 12.8. The van der Waals surface area contributed by atoms with Crippen molar-refractivity contribution in [3.05, 3.63) is 60.2 Å². The molecule has 27 heavy (non-hydrogen) atoms. The SMILES string of the molecule is CN(Cc1ccccc1)C(=O)CCNc1ccccc1S(=O)(=O)C(F)(F)F. The van der Waals surface area contributed by atoms with Gasteiger partial charge in [0.2, 0.25) is 5.91 Å². The van der Waals surface area contributed by atoms with Crippen LogP contribution in [0.4, 0.5) is 18.9 Å². The van der Waals surface area contributed by atoms with Gasteiger partial charge in [0.15, 0.2) is 0 Å². The zero-order valence-corrected chi connectivity index (χ0v) is 15.3. The first-order chi connectivity index (χ1) is 12.6. The first kappa shape index (κ1) is 20.8. The van der Waals surface area contributed by atoms with Gasteiger partial charge in [-0.2, -0.15) is 13.2 Å². The zero-order chi connectivity index (χ0) is 20.1. The third-order valence-corrected chi connectivity index (χ3v) is 5.37. The molecule has 0 aliphatic carbocycles. The van der Waals surface area contributed by atoms with Crippen LogP contribution in [0.3, 0.4) is 0 Å². The summed E-state index contributed by atoms with van der Waals surface area (Å²) in [7, 11) is -3.85. The summed E-state index contributed by atoms with van der Waals surface area (Å²) in [5, 5.41) is 2.61. The molecule has 0 fully saturated rings. The molecule has 2 aromatic carbocycles. The van der Waals surface area contributed by atoms with E-state index in [9.17, 15) is 26.4 Å². The quantitative estimate of drug-likeness (QED) is 0.773. The number of nitrogens with one attached hydrogen (secondary N) is 1. The monoisotopic (exact) mass is 400 g/mol. The van der Waals surface area contributed by atoms with Gasteiger partial charge in [0.25, 0.3) is 9.84 Å². The molecule has 0 spiro atoms. The van der Waals surface area contributed by atoms with Gasteiger partial charge in [-0.1, -0.05) is 42.5 Å². The number of carbonyl (C=O) groups excluding carboxylic acids is 1. The Hall–Kier alpha value is -2.55. The minimum atomic E-state index is -5.47. The van der Waals surface area contributed by atoms with Gasteiger partial charge >= 0.3 is 5.51 Å². The van der Waals surface area contributed by atoms with E-state index >= 15 is 0 Å². The second-order valence-electron chi connectivity index (χ2n) is 5.86. The third-order valence-electron chi connectivity index (χ3n) is 3.82. The molecular weight excluding hydrogens is 381 g/mol. The summed E-state index contributed by atoms with van der Waals surface area (Å²) >= 11 is 0. The standard InChI is InChI=1S/C18H19F3N2O3S/c1-23(13-14-7-3-2-4-8-14)17(24)11-12-22-15-9-5-6-10-16(15)27(25,26)18(19,20)21/h2-10,22H,11-13H2,1H3. The maximum Gasteiger partial charge on any atom is 0.501 e. The van der Waals surface area contributed by atoms with E-state index in [2.05, 4.69) is 5.32 Å². The first-order valence-corrected chi connectivity index (χ1v) is 9.53. The molecule has 0 atom stereocenters. The molecule has 0 aromatic heterocycles. The van der Waals surface area contributed by atoms with E-state index < -0.39 is 20.2 Å². The van der Waals surface area contributed by atoms with Crippen molar-refractivity contribution in [2.75, 3.05) is 18.9 Å². The van der Waals surface area contributed by atoms with Gasteiger partial charge in [-0.05, 0) is 17.7 Å². The Kier molecular flexibility index (Phi) is 6.48. The van der Waals surface area contributed by atoms with Gasteiger partial charge < -0.3 is 10.2 Å². The molecule has 1 amide bonds. The smallest absolute Gasteiger partial charge is 0.383 e. The molecule has 9 heteroatoms. The molecule has 0 saturated carbocycles. The predicted octanol–water partition coefficient (Wildman–Crippen LogP) is 3.44. The molecule has 0 saturated heterocycles. The number of benzene rings is 2. The van der Waals surface area contributed by atoms with Crippen LogP contribution in [0.1, 0.15) is 12.0 Å². The summed E-state index contributed by atoms with van der Waals surface area (Å²) in [5.41, 5.74) is -4.63. The van der Waals surface area contributed by atoms with Crippen molar-refractivity contribution in [3.8, 4) is 0 Å². The van der Waals surface area contributed by atoms with E-state index in [1.165, 1.54) is 23.1 Å². The van der Waals surface area contributed by atoms with Gasteiger partial charge in [0, 0.05) is 26.6 Å². The van der Waals surface area contributed by atoms with E-state index in [0.29, 0.717) is 6.54 Å². The van der Waals surface area contributed by atoms with Gasteiger partial charge in [0.05, 0.1) is 10.6 Å². The normalized spacial score (nSPS) is 11.9. The lowest BCUT2D eigenvalue weighted by Gasteiger charge is -2.18. The van der Waals surface area contributed by atoms with Gasteiger partial charge in [-0.15, -0.1) is 0 Å². The number of halogens is 3. The van der Waals surface area contributed by atoms with Crippen molar-refractivity contribution >= 4 is 21.4 Å². The number of alkyl halides is 3. The van der Waals surface area contributed by atoms with Crippen LogP contribution in [-0.2, 0) is 21.2 Å². The molecule has 0 radical (unpaired) electrons. The summed E-state index contributed by atoms with van der Waals surface area (Å²) in [4.78, 5) is 12.8. The van der Waals surface area contributed by atoms with E-state index in [0.717, 1.165) is 11.6 Å². The van der Waals surface area contributed by atoms with Crippen molar-refractivity contribution in [1.29, 1.82) is 0 Å². The van der Waals surface area contributed by atoms with Crippen LogP contribution in [-0.4, -0.2) is 38.3 Å². The zero-order valence-electron chi connectivity index (χ0n) is 14.5. The fourth-order valence-electron chi connectivity index (χ4n) is 2.41. The Labute approximate surface area is 155 Å². The van der Waals surface area contributed by atoms with E-state index in [4.69, 9.17) is 0 Å². The number of amides is 1. The highest BCUT2D eigenvalue weighted by molar-refractivity contribution is 7.92. The largest absolute Gasteiger partial charge is 0.501 e. The molecule has 1 N–H and O–H groups in total. The average molecular weight is 400 g/mol. The van der Waals surface area contributed by atoms with Crippen molar-refractivity contribution in [1.82, 2.24) is 4.90 Å². The molecular formula is C18H19F3N2O3S. The number of anilines is 1. The number of rotatable bonds is 7. The minimum absolute atomic E-state index is 0.00233. The number of carbonyl (C=O) groups is 1. The third kappa shape index (κ3) is 5.22. The van der Waals surface area contributed by atoms with Gasteiger partial charge in [-0.25, -0.2) is 8.42 Å². The van der Waals surface area contributed by atoms with Crippen molar-refractivity contribution in [2.24, 2.45) is 0 Å². The van der Waals surface area contributed by atoms with E-state index in [-0.39, 0.29) is 24.6 Å². The Morgan fingerprint density at radius 3 is 2.26 bits per heavy atom. The summed E-state index contributed by atoms with van der Waals surface area (Å²) in [6.07, 6.45) is 0.00370. The van der Waals surface area contributed by atoms with Crippen LogP contribution in [0.25, 0.3) is 0 Å². The predicted molar refractivity (Wildman–Crippen MR) is 95.7 cm³/mol. The topological polar surface area (TPSA) is 66.5 Å². The Morgan fingerprint density at radius 1 is 1.04 bits per heavy atom. The Morgan fingerprint density at radius 2 is 1.63 bits per heavy atom. The lowest BCUT2D eigenvalue weighted by Crippen LogP contribution is -2.28. The molecule has 2 rings (SSSR count). The van der Waals surface area contributed by atoms with Crippen molar-refractivity contribution < 1.29 is 26.4 Å². The average Bonchev–Trinajstić information content (AvgIpc) is 2.61. The highest BCUT2D eigenvalue weighted by Crippen LogP contribution is 2.34. The minimum Gasteiger partial charge on any atom is -0.383 e. The summed E-state index contributed by atoms with van der Waals surface area (Å²) in [6.45, 7) is 0.404. The van der Waals surface area contributed by atoms with Crippen LogP contribution < -0.4 is 5.32 Å². The molecule has 0 aliphatic heterocycles. The lowest BCUT2D eigenvalue weighted by molar-refractivity contribution is -0.130. The highest BCUT2D eigenvalue weighted by atomic mass is 32.2. The number of nitrogens with zero attached hydrogens (tertiary/aromatic N) is 1. The molecule has 0 bridgehead atoms. The Balaban J connectivity index is 1.99. The van der Waals surface area contributed by atoms with Crippen LogP contribution in [0.15, 0.2) is 59.5 Å². The first-order valence-electron chi connectivity index (χ1n) is 8.05. The van der Waals surface area contributed by atoms with E-state index in [1.54, 1.807) is 7.05 Å². The summed E-state index contributed by atoms with van der Waals surface area (Å²) in [6, 6.07) is 14.1. The molecule has 2 aromatic rings. The van der Waals surface area contributed by atoms with Crippen LogP contribution >= 0.6 is 0 Å². The number of hydrogen-bond acceptors (Lipinski definition) is 4. The van der Waals surface area contributed by atoms with E-state index in [1.807, 2.05) is 30.3 Å². The highest BCUT2D eigenvalue weighted by Gasteiger charge is 2.47. The molecule has 146 valence electrons. The molecule has 0 unspecified atom stereocenters. The van der Waals surface area contributed by atoms with Gasteiger partial charge in [-0.3, -0.25) is 4.79 Å². The number of sulfone groups is 1. The molecule has 5 nitrogen and oxygen atoms in total. The van der Waals surface area contributed by atoms with Crippen molar-refractivity contribution in [3.63, 3.8) is 0 Å². The van der Waals surface area contributed by atoms with Crippen LogP contribution in [0.2, 0.25) is 0 Å². The van der Waals surface area contributed by atoms with Crippen LogP contribution in [0, 0.1) is 0 Å². The summed E-state index contributed by atoms with van der Waals surface area (Å²) < 4.78 is 61.6. The second-order valence-corrected chi connectivity index (χ2v) is 7.77. The molecule has 0 heterocycles. The maximum absolute atomic E-state index is 12.8. The Bertz CT molecular complexity index is 884. The fraction of sp³-hybridized carbons (Fsp3) is 0.278. The fourth-order valence-corrected chi connectivity index (χ4v) is 3.35. The van der Waals surface area contributed by atoms with Gasteiger partial charge in [0.1, 0.15) is 0 Å². The van der Waals surface area contributed by atoms with Crippen molar-refractivity contribution in [2.45, 2.75) is 23.4 Å². The number of para-hydroxylation sites is 1. The number of hydrogen-bond donors (Lipinski definition) is 1. The van der Waals surface area contributed by atoms with Crippen LogP contribution in [0.5, 0.6) is 0 Å². The molecule has 0 aliphatic rings. The summed E-state index contributed by atoms with van der Waals surface area (Å²) in [5.74, 6) is -0.220.